The molecule has 4 aliphatic rings. The average Bonchev–Trinajstić information content (AvgIpc) is 3.26. The molecule has 1 heterocycles. The van der Waals surface area contributed by atoms with Crippen molar-refractivity contribution in [1.29, 1.82) is 0 Å². The topological polar surface area (TPSA) is 59.8 Å². The van der Waals surface area contributed by atoms with Crippen LogP contribution in [0.3, 0.4) is 0 Å². The number of carbonyl (C=O) groups excluding carboxylic acids is 1. The lowest BCUT2D eigenvalue weighted by Crippen LogP contribution is -2.54. The number of rotatable bonds is 7. The zero-order valence-corrected chi connectivity index (χ0v) is 22.4. The maximum absolute atomic E-state index is 13.7. The van der Waals surface area contributed by atoms with Crippen LogP contribution in [0.2, 0.25) is 0 Å². The number of amides is 1. The van der Waals surface area contributed by atoms with E-state index in [1.54, 1.807) is 11.8 Å². The third-order valence-corrected chi connectivity index (χ3v) is 9.66. The molecule has 0 radical (unpaired) electrons. The predicted molar refractivity (Wildman–Crippen MR) is 144 cm³/mol. The number of nitrogens with zero attached hydrogens (tertiary/aromatic N) is 3. The molecule has 6 heteroatoms. The minimum absolute atomic E-state index is 0.166. The predicted octanol–water partition coefficient (Wildman–Crippen LogP) is 6.57. The van der Waals surface area contributed by atoms with E-state index < -0.39 is 0 Å². The maximum Gasteiger partial charge on any atom is 0.226 e. The van der Waals surface area contributed by atoms with Gasteiger partial charge in [-0.1, -0.05) is 59.3 Å². The number of aromatic nitrogens is 3. The molecular weight excluding hydrogens is 464 g/mol. The van der Waals surface area contributed by atoms with E-state index in [1.165, 1.54) is 36.0 Å². The Kier molecular flexibility index (Phi) is 6.19. The van der Waals surface area contributed by atoms with E-state index in [4.69, 9.17) is 0 Å². The highest BCUT2D eigenvalue weighted by molar-refractivity contribution is 7.98. The summed E-state index contributed by atoms with van der Waals surface area (Å²) in [4.78, 5) is 13.7. The number of carbonyl (C=O) groups is 1. The van der Waals surface area contributed by atoms with Crippen molar-refractivity contribution >= 4 is 17.7 Å². The van der Waals surface area contributed by atoms with Gasteiger partial charge < -0.3 is 5.32 Å². The van der Waals surface area contributed by atoms with Crippen molar-refractivity contribution < 1.29 is 4.79 Å². The fourth-order valence-corrected chi connectivity index (χ4v) is 8.25. The smallest absolute Gasteiger partial charge is 0.226 e. The Morgan fingerprint density at radius 3 is 2.31 bits per heavy atom. The van der Waals surface area contributed by atoms with Gasteiger partial charge in [-0.25, -0.2) is 0 Å². The average molecular weight is 501 g/mol. The van der Waals surface area contributed by atoms with Gasteiger partial charge in [0.2, 0.25) is 5.91 Å². The second kappa shape index (κ2) is 9.37. The lowest BCUT2D eigenvalue weighted by Gasteiger charge is -2.55. The summed E-state index contributed by atoms with van der Waals surface area (Å²) in [6, 6.07) is 16.8. The standard InChI is InChI=1S/C30H36N4OS/c1-19-7-9-26(10-8-19)34-27(32-33-29(34)36-18-22-6-4-5-20(2)11-22)21(3)31-28(35)30-15-23-12-24(16-30)14-25(13-23)17-30/h4-11,21,23-25H,12-18H2,1-3H3,(H,31,35). The summed E-state index contributed by atoms with van der Waals surface area (Å²) in [7, 11) is 0. The van der Waals surface area contributed by atoms with Crippen molar-refractivity contribution in [3.05, 3.63) is 71.0 Å². The Balaban J connectivity index is 1.26. The van der Waals surface area contributed by atoms with Crippen molar-refractivity contribution in [3.8, 4) is 5.69 Å². The van der Waals surface area contributed by atoms with Crippen LogP contribution in [0, 0.1) is 37.0 Å². The van der Waals surface area contributed by atoms with Crippen LogP contribution in [0.5, 0.6) is 0 Å². The van der Waals surface area contributed by atoms with Crippen molar-refractivity contribution in [1.82, 2.24) is 20.1 Å². The molecule has 1 aromatic heterocycles. The van der Waals surface area contributed by atoms with Crippen LogP contribution >= 0.6 is 11.8 Å². The van der Waals surface area contributed by atoms with Gasteiger partial charge in [0.15, 0.2) is 11.0 Å². The van der Waals surface area contributed by atoms with E-state index in [0.29, 0.717) is 0 Å². The van der Waals surface area contributed by atoms with Crippen LogP contribution in [0.4, 0.5) is 0 Å². The fourth-order valence-electron chi connectivity index (χ4n) is 7.34. The second-order valence-corrected chi connectivity index (χ2v) is 12.6. The molecule has 188 valence electrons. The molecule has 0 saturated heterocycles. The molecule has 1 unspecified atom stereocenters. The SMILES string of the molecule is Cc1ccc(-n2c(SCc3cccc(C)c3)nnc2C(C)NC(=O)C23CC4CC(CC(C4)C2)C3)cc1. The van der Waals surface area contributed by atoms with Gasteiger partial charge in [0.05, 0.1) is 6.04 Å². The molecule has 2 aromatic carbocycles. The van der Waals surface area contributed by atoms with Crippen LogP contribution < -0.4 is 5.32 Å². The first-order valence-electron chi connectivity index (χ1n) is 13.4. The summed E-state index contributed by atoms with van der Waals surface area (Å²) in [5.74, 6) is 4.10. The van der Waals surface area contributed by atoms with Gasteiger partial charge in [0.1, 0.15) is 0 Å². The Morgan fingerprint density at radius 1 is 1.00 bits per heavy atom. The van der Waals surface area contributed by atoms with Gasteiger partial charge >= 0.3 is 0 Å². The first-order valence-corrected chi connectivity index (χ1v) is 14.4. The fraction of sp³-hybridized carbons (Fsp3) is 0.500. The van der Waals surface area contributed by atoms with Gasteiger partial charge in [-0.15, -0.1) is 10.2 Å². The Morgan fingerprint density at radius 2 is 1.67 bits per heavy atom. The van der Waals surface area contributed by atoms with E-state index in [-0.39, 0.29) is 17.4 Å². The molecule has 4 bridgehead atoms. The van der Waals surface area contributed by atoms with Crippen LogP contribution in [0.15, 0.2) is 53.7 Å². The Hall–Kier alpha value is -2.60. The molecule has 0 aliphatic heterocycles. The Labute approximate surface area is 218 Å². The second-order valence-electron chi connectivity index (χ2n) is 11.7. The number of nitrogens with one attached hydrogen (secondary N) is 1. The molecule has 36 heavy (non-hydrogen) atoms. The van der Waals surface area contributed by atoms with Gasteiger partial charge in [-0.05, 0) is 94.7 Å². The molecule has 3 aromatic rings. The zero-order valence-electron chi connectivity index (χ0n) is 21.5. The van der Waals surface area contributed by atoms with Gasteiger partial charge in [0.25, 0.3) is 0 Å². The van der Waals surface area contributed by atoms with E-state index in [2.05, 4.69) is 89.4 Å². The van der Waals surface area contributed by atoms with Gasteiger partial charge in [0, 0.05) is 16.9 Å². The lowest BCUT2D eigenvalue weighted by molar-refractivity contribution is -0.147. The van der Waals surface area contributed by atoms with Crippen molar-refractivity contribution in [2.75, 3.05) is 0 Å². The summed E-state index contributed by atoms with van der Waals surface area (Å²) < 4.78 is 2.13. The number of hydrogen-bond acceptors (Lipinski definition) is 4. The Bertz CT molecular complexity index is 1230. The molecule has 1 amide bonds. The van der Waals surface area contributed by atoms with Crippen LogP contribution in [0.1, 0.15) is 74.0 Å². The minimum Gasteiger partial charge on any atom is -0.346 e. The first kappa shape index (κ1) is 23.8. The molecule has 1 N–H and O–H groups in total. The highest BCUT2D eigenvalue weighted by Crippen LogP contribution is 2.60. The maximum atomic E-state index is 13.7. The molecule has 1 atom stereocenters. The summed E-state index contributed by atoms with van der Waals surface area (Å²) in [6.45, 7) is 6.27. The zero-order chi connectivity index (χ0) is 24.9. The number of benzene rings is 2. The summed E-state index contributed by atoms with van der Waals surface area (Å²) >= 11 is 1.69. The first-order chi connectivity index (χ1) is 17.4. The van der Waals surface area contributed by atoms with E-state index >= 15 is 0 Å². The lowest BCUT2D eigenvalue weighted by atomic mass is 9.49. The quantitative estimate of drug-likeness (QED) is 0.373. The molecule has 4 aliphatic carbocycles. The number of aryl methyl sites for hydroxylation is 2. The highest BCUT2D eigenvalue weighted by atomic mass is 32.2. The van der Waals surface area contributed by atoms with E-state index in [1.807, 2.05) is 0 Å². The van der Waals surface area contributed by atoms with Crippen LogP contribution in [0.25, 0.3) is 5.69 Å². The summed E-state index contributed by atoms with van der Waals surface area (Å²) in [5.41, 5.74) is 4.60. The van der Waals surface area contributed by atoms with E-state index in [9.17, 15) is 4.79 Å². The number of thioether (sulfide) groups is 1. The largest absolute Gasteiger partial charge is 0.346 e. The molecule has 4 saturated carbocycles. The summed E-state index contributed by atoms with van der Waals surface area (Å²) in [6.07, 6.45) is 7.22. The van der Waals surface area contributed by atoms with Crippen LogP contribution in [-0.4, -0.2) is 20.7 Å². The number of hydrogen-bond donors (Lipinski definition) is 1. The van der Waals surface area contributed by atoms with Crippen LogP contribution in [-0.2, 0) is 10.5 Å². The third kappa shape index (κ3) is 4.49. The van der Waals surface area contributed by atoms with E-state index in [0.717, 1.165) is 59.4 Å². The molecule has 4 fully saturated rings. The van der Waals surface area contributed by atoms with Gasteiger partial charge in [-0.3, -0.25) is 9.36 Å². The van der Waals surface area contributed by atoms with Gasteiger partial charge in [-0.2, -0.15) is 0 Å². The monoisotopic (exact) mass is 500 g/mol. The molecule has 7 rings (SSSR count). The third-order valence-electron chi connectivity index (χ3n) is 8.66. The van der Waals surface area contributed by atoms with Crippen molar-refractivity contribution in [2.24, 2.45) is 23.2 Å². The van der Waals surface area contributed by atoms with Crippen molar-refractivity contribution in [2.45, 2.75) is 76.2 Å². The molecule has 0 spiro atoms. The normalized spacial score (nSPS) is 27.2. The summed E-state index contributed by atoms with van der Waals surface area (Å²) in [5, 5.41) is 13.5. The minimum atomic E-state index is -0.215. The molecular formula is C30H36N4OS. The molecule has 5 nitrogen and oxygen atoms in total. The highest BCUT2D eigenvalue weighted by Gasteiger charge is 2.54. The van der Waals surface area contributed by atoms with Crippen molar-refractivity contribution in [3.63, 3.8) is 0 Å².